The molecule has 0 saturated carbocycles. The summed E-state index contributed by atoms with van der Waals surface area (Å²) in [5, 5.41) is 0. The zero-order valence-corrected chi connectivity index (χ0v) is 20.0. The number of aromatic nitrogens is 2. The van der Waals surface area contributed by atoms with Crippen LogP contribution in [0.25, 0.3) is 22.2 Å². The molecule has 3 N–H and O–H groups in total. The lowest BCUT2D eigenvalue weighted by atomic mass is 10.0. The standard InChI is InChI=1S/C23H17F3N4O4S2/c1-35(31,32)30-19-5-3-2-4-18(19)16-9-12-20-21(14-16)28-22(27-20)13-8-15-6-10-17(11-7-15)29-36(33,34)23(24,25)26/h2-7,9-12,14,29-30H,1H3,(H,27,28). The average molecular weight is 535 g/mol. The highest BCUT2D eigenvalue weighted by Gasteiger charge is 2.46. The molecule has 4 rings (SSSR count). The number of halogens is 3. The molecule has 8 nitrogen and oxygen atoms in total. The molecule has 0 aliphatic rings. The van der Waals surface area contributed by atoms with Crippen LogP contribution in [-0.2, 0) is 20.0 Å². The van der Waals surface area contributed by atoms with Gasteiger partial charge in [0.05, 0.1) is 23.0 Å². The smallest absolute Gasteiger partial charge is 0.331 e. The molecule has 1 heterocycles. The van der Waals surface area contributed by atoms with Gasteiger partial charge in [0.25, 0.3) is 0 Å². The summed E-state index contributed by atoms with van der Waals surface area (Å²) in [7, 11) is -8.98. The minimum Gasteiger partial charge on any atom is -0.331 e. The van der Waals surface area contributed by atoms with Gasteiger partial charge >= 0.3 is 15.5 Å². The summed E-state index contributed by atoms with van der Waals surface area (Å²) in [5.74, 6) is 5.95. The van der Waals surface area contributed by atoms with Crippen LogP contribution >= 0.6 is 0 Å². The van der Waals surface area contributed by atoms with Crippen molar-refractivity contribution in [1.29, 1.82) is 0 Å². The number of hydrogen-bond acceptors (Lipinski definition) is 5. The fourth-order valence-corrected chi connectivity index (χ4v) is 4.36. The Morgan fingerprint density at radius 1 is 0.889 bits per heavy atom. The number of nitrogens with one attached hydrogen (secondary N) is 3. The molecule has 1 aromatic heterocycles. The maximum Gasteiger partial charge on any atom is 0.516 e. The lowest BCUT2D eigenvalue weighted by Crippen LogP contribution is -2.29. The van der Waals surface area contributed by atoms with Gasteiger partial charge in [0.1, 0.15) is 0 Å². The fourth-order valence-electron chi connectivity index (χ4n) is 3.22. The zero-order valence-electron chi connectivity index (χ0n) is 18.4. The van der Waals surface area contributed by atoms with Crippen molar-refractivity contribution >= 4 is 42.5 Å². The van der Waals surface area contributed by atoms with E-state index in [-0.39, 0.29) is 5.69 Å². The summed E-state index contributed by atoms with van der Waals surface area (Å²) in [4.78, 5) is 7.47. The van der Waals surface area contributed by atoms with Gasteiger partial charge in [-0.05, 0) is 53.9 Å². The van der Waals surface area contributed by atoms with E-state index < -0.39 is 25.6 Å². The normalized spacial score (nSPS) is 12.1. The highest BCUT2D eigenvalue weighted by molar-refractivity contribution is 7.93. The molecule has 0 bridgehead atoms. The Balaban J connectivity index is 1.57. The molecule has 36 heavy (non-hydrogen) atoms. The first-order valence-corrected chi connectivity index (χ1v) is 13.5. The van der Waals surface area contributed by atoms with Gasteiger partial charge in [-0.1, -0.05) is 30.2 Å². The van der Waals surface area contributed by atoms with Crippen LogP contribution in [-0.4, -0.2) is 38.6 Å². The summed E-state index contributed by atoms with van der Waals surface area (Å²) in [6.07, 6.45) is 1.07. The van der Waals surface area contributed by atoms with Gasteiger partial charge in [0.2, 0.25) is 10.0 Å². The van der Waals surface area contributed by atoms with E-state index in [1.165, 1.54) is 29.0 Å². The van der Waals surface area contributed by atoms with Crippen LogP contribution in [0.2, 0.25) is 0 Å². The molecule has 0 saturated heterocycles. The molecule has 0 aliphatic heterocycles. The molecule has 3 aromatic carbocycles. The van der Waals surface area contributed by atoms with E-state index in [0.29, 0.717) is 33.7 Å². The lowest BCUT2D eigenvalue weighted by Gasteiger charge is -2.10. The summed E-state index contributed by atoms with van der Waals surface area (Å²) < 4.78 is 87.2. The average Bonchev–Trinajstić information content (AvgIpc) is 3.19. The minimum absolute atomic E-state index is 0.250. The Kier molecular flexibility index (Phi) is 6.42. The Hall–Kier alpha value is -4.02. The van der Waals surface area contributed by atoms with E-state index >= 15 is 0 Å². The Morgan fingerprint density at radius 2 is 1.58 bits per heavy atom. The van der Waals surface area contributed by atoms with Crippen molar-refractivity contribution in [3.05, 3.63) is 78.1 Å². The first kappa shape index (κ1) is 25.1. The molecule has 4 aromatic rings. The van der Waals surface area contributed by atoms with Crippen molar-refractivity contribution in [1.82, 2.24) is 9.97 Å². The van der Waals surface area contributed by atoms with E-state index in [2.05, 4.69) is 26.5 Å². The number of imidazole rings is 1. The summed E-state index contributed by atoms with van der Waals surface area (Å²) in [6.45, 7) is 0. The van der Waals surface area contributed by atoms with Gasteiger partial charge in [0.15, 0.2) is 5.82 Å². The molecule has 0 atom stereocenters. The number of rotatable bonds is 5. The van der Waals surface area contributed by atoms with Crippen LogP contribution in [0.3, 0.4) is 0 Å². The maximum absolute atomic E-state index is 12.5. The van der Waals surface area contributed by atoms with Crippen molar-refractivity contribution in [2.45, 2.75) is 5.51 Å². The molecule has 186 valence electrons. The van der Waals surface area contributed by atoms with E-state index in [1.54, 1.807) is 42.5 Å². The first-order chi connectivity index (χ1) is 16.8. The van der Waals surface area contributed by atoms with Gasteiger partial charge in [-0.3, -0.25) is 9.44 Å². The number of benzene rings is 3. The van der Waals surface area contributed by atoms with E-state index in [9.17, 15) is 30.0 Å². The number of anilines is 2. The van der Waals surface area contributed by atoms with Crippen LogP contribution in [0.15, 0.2) is 66.7 Å². The van der Waals surface area contributed by atoms with E-state index in [0.717, 1.165) is 11.8 Å². The minimum atomic E-state index is -5.50. The first-order valence-electron chi connectivity index (χ1n) is 10.1. The Bertz CT molecular complexity index is 1720. The molecule has 0 radical (unpaired) electrons. The Morgan fingerprint density at radius 3 is 2.25 bits per heavy atom. The van der Waals surface area contributed by atoms with E-state index in [1.807, 2.05) is 0 Å². The monoisotopic (exact) mass is 534 g/mol. The van der Waals surface area contributed by atoms with Crippen LogP contribution in [0.5, 0.6) is 0 Å². The third kappa shape index (κ3) is 5.78. The highest BCUT2D eigenvalue weighted by Crippen LogP contribution is 2.30. The van der Waals surface area contributed by atoms with Crippen molar-refractivity contribution in [3.63, 3.8) is 0 Å². The number of nitrogens with zero attached hydrogens (tertiary/aromatic N) is 1. The largest absolute Gasteiger partial charge is 0.516 e. The van der Waals surface area contributed by atoms with Gasteiger partial charge in [-0.25, -0.2) is 13.4 Å². The third-order valence-electron chi connectivity index (χ3n) is 4.78. The van der Waals surface area contributed by atoms with Crippen molar-refractivity contribution in [2.75, 3.05) is 15.7 Å². The van der Waals surface area contributed by atoms with Gasteiger partial charge in [0, 0.05) is 16.8 Å². The second kappa shape index (κ2) is 9.21. The van der Waals surface area contributed by atoms with Gasteiger partial charge in [-0.15, -0.1) is 0 Å². The molecule has 0 spiro atoms. The highest BCUT2D eigenvalue weighted by atomic mass is 32.2. The molecule has 0 fully saturated rings. The van der Waals surface area contributed by atoms with Crippen molar-refractivity contribution in [3.8, 4) is 23.0 Å². The second-order valence-corrected chi connectivity index (χ2v) is 11.0. The second-order valence-electron chi connectivity index (χ2n) is 7.62. The number of H-pyrrole nitrogens is 1. The molecule has 0 unspecified atom stereocenters. The summed E-state index contributed by atoms with van der Waals surface area (Å²) >= 11 is 0. The number of hydrogen-bond donors (Lipinski definition) is 3. The molecule has 0 aliphatic carbocycles. The number of alkyl halides is 3. The molecular formula is C23H17F3N4O4S2. The predicted molar refractivity (Wildman–Crippen MR) is 131 cm³/mol. The fraction of sp³-hybridized carbons (Fsp3) is 0.0870. The lowest BCUT2D eigenvalue weighted by molar-refractivity contribution is -0.0429. The van der Waals surface area contributed by atoms with Crippen LogP contribution in [0, 0.1) is 11.8 Å². The van der Waals surface area contributed by atoms with Crippen molar-refractivity contribution < 1.29 is 30.0 Å². The molecular weight excluding hydrogens is 517 g/mol. The number of sulfonamides is 2. The van der Waals surface area contributed by atoms with Crippen LogP contribution in [0.4, 0.5) is 24.5 Å². The Labute approximate surface area is 204 Å². The number of aromatic amines is 1. The number of para-hydroxylation sites is 1. The summed E-state index contributed by atoms with van der Waals surface area (Å²) in [6, 6.07) is 17.4. The third-order valence-corrected chi connectivity index (χ3v) is 6.49. The number of fused-ring (bicyclic) bond motifs is 1. The maximum atomic E-state index is 12.5. The SMILES string of the molecule is CS(=O)(=O)Nc1ccccc1-c1ccc2[nH]c(C#Cc3ccc(NS(=O)(=O)C(F)(F)F)cc3)nc2c1. The van der Waals surface area contributed by atoms with Crippen LogP contribution in [0.1, 0.15) is 11.4 Å². The topological polar surface area (TPSA) is 121 Å². The van der Waals surface area contributed by atoms with Gasteiger partial charge < -0.3 is 4.98 Å². The zero-order chi connectivity index (χ0) is 26.1. The van der Waals surface area contributed by atoms with Crippen LogP contribution < -0.4 is 9.44 Å². The molecule has 13 heteroatoms. The van der Waals surface area contributed by atoms with Crippen molar-refractivity contribution in [2.24, 2.45) is 0 Å². The predicted octanol–water partition coefficient (Wildman–Crippen LogP) is 4.26. The summed E-state index contributed by atoms with van der Waals surface area (Å²) in [5.41, 5.74) is -2.14. The quantitative estimate of drug-likeness (QED) is 0.331. The molecule has 0 amide bonds. The van der Waals surface area contributed by atoms with Gasteiger partial charge in [-0.2, -0.15) is 21.6 Å². The van der Waals surface area contributed by atoms with E-state index in [4.69, 9.17) is 0 Å².